The van der Waals surface area contributed by atoms with Crippen LogP contribution < -0.4 is 15.4 Å². The summed E-state index contributed by atoms with van der Waals surface area (Å²) < 4.78 is 7.33. The Morgan fingerprint density at radius 1 is 1.13 bits per heavy atom. The molecular weight excluding hydrogens is 508 g/mol. The number of hydrogen-bond acceptors (Lipinski definition) is 6. The lowest BCUT2D eigenvalue weighted by molar-refractivity contribution is -0.139. The number of carbonyl (C=O) groups excluding carboxylic acids is 2. The molecule has 1 saturated heterocycles. The van der Waals surface area contributed by atoms with Gasteiger partial charge in [-0.3, -0.25) is 9.59 Å². The summed E-state index contributed by atoms with van der Waals surface area (Å²) in [6, 6.07) is 21.1. The van der Waals surface area contributed by atoms with E-state index in [9.17, 15) is 9.59 Å². The highest BCUT2D eigenvalue weighted by Gasteiger charge is 2.51. The van der Waals surface area contributed by atoms with Crippen molar-refractivity contribution in [3.8, 4) is 5.19 Å². The zero-order valence-electron chi connectivity index (χ0n) is 22.5. The zero-order chi connectivity index (χ0) is 27.1. The van der Waals surface area contributed by atoms with Crippen LogP contribution in [0.25, 0.3) is 21.0 Å². The Kier molecular flexibility index (Phi) is 6.67. The van der Waals surface area contributed by atoms with Gasteiger partial charge in [0.1, 0.15) is 18.2 Å². The summed E-state index contributed by atoms with van der Waals surface area (Å²) in [6.45, 7) is 6.54. The van der Waals surface area contributed by atoms with Crippen molar-refractivity contribution < 1.29 is 14.3 Å². The van der Waals surface area contributed by atoms with E-state index in [0.29, 0.717) is 30.5 Å². The molecule has 2 amide bonds. The molecule has 5 atom stereocenters. The average Bonchev–Trinajstić information content (AvgIpc) is 3.27. The van der Waals surface area contributed by atoms with Gasteiger partial charge in [-0.05, 0) is 60.7 Å². The highest BCUT2D eigenvalue weighted by atomic mass is 32.1. The van der Waals surface area contributed by atoms with Crippen LogP contribution in [-0.4, -0.2) is 52.0 Å². The second-order valence-corrected chi connectivity index (χ2v) is 12.1. The van der Waals surface area contributed by atoms with Crippen molar-refractivity contribution in [3.05, 3.63) is 66.7 Å². The minimum absolute atomic E-state index is 0.0878. The molecule has 2 fully saturated rings. The minimum Gasteiger partial charge on any atom is -0.465 e. The fourth-order valence-corrected chi connectivity index (χ4v) is 6.44. The maximum atomic E-state index is 14.0. The molecule has 39 heavy (non-hydrogen) atoms. The van der Waals surface area contributed by atoms with Gasteiger partial charge in [-0.2, -0.15) is 0 Å². The Hall–Kier alpha value is -3.65. The number of nitrogens with one attached hydrogen (secondary N) is 2. The van der Waals surface area contributed by atoms with Crippen molar-refractivity contribution in [1.29, 1.82) is 0 Å². The van der Waals surface area contributed by atoms with Gasteiger partial charge >= 0.3 is 0 Å². The molecule has 1 aliphatic carbocycles. The molecule has 2 heterocycles. The lowest BCUT2D eigenvalue weighted by atomic mass is 10.1. The van der Waals surface area contributed by atoms with Gasteiger partial charge in [-0.15, -0.1) is 0 Å². The largest absolute Gasteiger partial charge is 0.465 e. The predicted octanol–water partition coefficient (Wildman–Crippen LogP) is 5.60. The first kappa shape index (κ1) is 25.6. The minimum atomic E-state index is -0.589. The molecule has 6 rings (SSSR count). The molecule has 0 bridgehead atoms. The first-order valence-electron chi connectivity index (χ1n) is 13.7. The Balaban J connectivity index is 1.22. The fraction of sp³-hybridized carbons (Fsp3) is 0.387. The third-order valence-electron chi connectivity index (χ3n) is 8.25. The molecule has 8 heteroatoms. The zero-order valence-corrected chi connectivity index (χ0v) is 23.3. The number of carbonyl (C=O) groups is 2. The van der Waals surface area contributed by atoms with Crippen molar-refractivity contribution in [2.24, 2.45) is 5.92 Å². The number of benzene rings is 3. The van der Waals surface area contributed by atoms with Gasteiger partial charge in [0.15, 0.2) is 0 Å². The van der Waals surface area contributed by atoms with E-state index in [1.807, 2.05) is 49.4 Å². The van der Waals surface area contributed by atoms with Gasteiger partial charge in [-0.25, -0.2) is 4.98 Å². The van der Waals surface area contributed by atoms with Crippen molar-refractivity contribution in [2.75, 3.05) is 11.9 Å². The number of para-hydroxylation sites is 1. The third-order valence-corrected chi connectivity index (χ3v) is 9.18. The number of ether oxygens (including phenoxy) is 1. The summed E-state index contributed by atoms with van der Waals surface area (Å²) in [4.78, 5) is 33.8. The second-order valence-electron chi connectivity index (χ2n) is 11.1. The van der Waals surface area contributed by atoms with Crippen LogP contribution in [-0.2, 0) is 9.59 Å². The van der Waals surface area contributed by atoms with Gasteiger partial charge in [0.05, 0.1) is 16.8 Å². The molecular formula is C31H34N4O3S. The Bertz CT molecular complexity index is 1500. The van der Waals surface area contributed by atoms with Crippen molar-refractivity contribution >= 4 is 49.8 Å². The van der Waals surface area contributed by atoms with Crippen LogP contribution in [0.3, 0.4) is 0 Å². The normalized spacial score (nSPS) is 25.0. The number of anilines is 1. The Morgan fingerprint density at radius 3 is 2.62 bits per heavy atom. The smallest absolute Gasteiger partial charge is 0.274 e. The van der Waals surface area contributed by atoms with Crippen LogP contribution in [0.1, 0.15) is 40.0 Å². The van der Waals surface area contributed by atoms with E-state index in [1.54, 1.807) is 4.90 Å². The predicted molar refractivity (Wildman–Crippen MR) is 156 cm³/mol. The monoisotopic (exact) mass is 542 g/mol. The number of thiazole rings is 1. The number of aromatic nitrogens is 1. The first-order valence-corrected chi connectivity index (χ1v) is 14.5. The maximum Gasteiger partial charge on any atom is 0.274 e. The topological polar surface area (TPSA) is 83.6 Å². The molecule has 1 saturated carbocycles. The lowest BCUT2D eigenvalue weighted by Gasteiger charge is -2.29. The van der Waals surface area contributed by atoms with Gasteiger partial charge in [0, 0.05) is 17.6 Å². The Labute approximate surface area is 232 Å². The first-order chi connectivity index (χ1) is 18.8. The molecule has 4 aromatic rings. The second kappa shape index (κ2) is 10.2. The van der Waals surface area contributed by atoms with Crippen LogP contribution in [0, 0.1) is 5.92 Å². The van der Waals surface area contributed by atoms with E-state index in [4.69, 9.17) is 4.74 Å². The molecule has 202 valence electrons. The van der Waals surface area contributed by atoms with Crippen LogP contribution >= 0.6 is 11.3 Å². The lowest BCUT2D eigenvalue weighted by Crippen LogP contribution is -2.52. The van der Waals surface area contributed by atoms with Crippen LogP contribution in [0.15, 0.2) is 66.7 Å². The van der Waals surface area contributed by atoms with Crippen molar-refractivity contribution in [2.45, 2.75) is 63.8 Å². The SMILES string of the molecule is CC[C@H](Nc1ccc2ccccc2c1)C(=O)N1C[C@H](Oc2nc3ccccc3s2)C[C@H]1C(=O)N[C@]1(C)C[C@H]1C. The van der Waals surface area contributed by atoms with E-state index in [-0.39, 0.29) is 23.5 Å². The van der Waals surface area contributed by atoms with Crippen LogP contribution in [0.4, 0.5) is 5.69 Å². The Morgan fingerprint density at radius 2 is 1.87 bits per heavy atom. The maximum absolute atomic E-state index is 14.0. The van der Waals surface area contributed by atoms with Gasteiger partial charge < -0.3 is 20.3 Å². The third kappa shape index (κ3) is 5.17. The van der Waals surface area contributed by atoms with E-state index in [2.05, 4.69) is 53.7 Å². The average molecular weight is 543 g/mol. The van der Waals surface area contributed by atoms with Crippen LogP contribution in [0.2, 0.25) is 0 Å². The molecule has 0 unspecified atom stereocenters. The molecule has 7 nitrogen and oxygen atoms in total. The number of rotatable bonds is 8. The van der Waals surface area contributed by atoms with Crippen LogP contribution in [0.5, 0.6) is 5.19 Å². The molecule has 2 aliphatic rings. The van der Waals surface area contributed by atoms with Gasteiger partial charge in [0.2, 0.25) is 11.8 Å². The number of likely N-dealkylation sites (tertiary alicyclic amines) is 1. The summed E-state index contributed by atoms with van der Waals surface area (Å²) in [7, 11) is 0. The molecule has 1 aliphatic heterocycles. The van der Waals surface area contributed by atoms with Gasteiger partial charge in [0.25, 0.3) is 5.19 Å². The van der Waals surface area contributed by atoms with E-state index >= 15 is 0 Å². The summed E-state index contributed by atoms with van der Waals surface area (Å²) in [6.07, 6.45) is 1.67. The molecule has 2 N–H and O–H groups in total. The standard InChI is InChI=1S/C31H34N4O3S/c1-4-24(32-22-14-13-20-9-5-6-10-21(20)15-22)29(37)35-18-23(16-26(35)28(36)34-31(3)17-19(31)2)38-30-33-25-11-7-8-12-27(25)39-30/h5-15,19,23-24,26,32H,4,16-18H2,1-3H3,(H,34,36)/t19-,23-,24+,26+,31-/m1/s1. The number of nitrogens with zero attached hydrogens (tertiary/aromatic N) is 2. The summed E-state index contributed by atoms with van der Waals surface area (Å²) in [5.41, 5.74) is 1.57. The quantitative estimate of drug-likeness (QED) is 0.303. The molecule has 0 radical (unpaired) electrons. The van der Waals surface area contributed by atoms with Gasteiger partial charge in [-0.1, -0.05) is 67.6 Å². The number of fused-ring (bicyclic) bond motifs is 2. The van der Waals surface area contributed by atoms with Crippen molar-refractivity contribution in [1.82, 2.24) is 15.2 Å². The summed E-state index contributed by atoms with van der Waals surface area (Å²) >= 11 is 1.49. The van der Waals surface area contributed by atoms with E-state index in [1.165, 1.54) is 11.3 Å². The summed E-state index contributed by atoms with van der Waals surface area (Å²) in [5, 5.41) is 9.48. The van der Waals surface area contributed by atoms with Crippen molar-refractivity contribution in [3.63, 3.8) is 0 Å². The number of hydrogen-bond donors (Lipinski definition) is 2. The highest BCUT2D eigenvalue weighted by molar-refractivity contribution is 7.20. The fourth-order valence-electron chi connectivity index (χ4n) is 5.55. The number of amides is 2. The van der Waals surface area contributed by atoms with E-state index in [0.717, 1.165) is 33.1 Å². The molecule has 1 aromatic heterocycles. The molecule has 0 spiro atoms. The summed E-state index contributed by atoms with van der Waals surface area (Å²) in [5.74, 6) is 0.237. The highest BCUT2D eigenvalue weighted by Crippen LogP contribution is 2.42. The van der Waals surface area contributed by atoms with E-state index < -0.39 is 12.1 Å². The molecule has 3 aromatic carbocycles.